The van der Waals surface area contributed by atoms with E-state index in [1.54, 1.807) is 73.8 Å². The molecule has 2 aliphatic heterocycles. The molecule has 23 heteroatoms. The summed E-state index contributed by atoms with van der Waals surface area (Å²) in [5.74, 6) is -6.71. The molecule has 23 nitrogen and oxygen atoms in total. The maximum atomic E-state index is 14.8. The number of hydrogen-bond acceptors (Lipinski definition) is 11. The fourth-order valence-electron chi connectivity index (χ4n) is 9.39. The normalized spacial score (nSPS) is 22.9. The van der Waals surface area contributed by atoms with E-state index in [0.717, 1.165) is 15.8 Å². The van der Waals surface area contributed by atoms with E-state index in [2.05, 4.69) is 47.2 Å². The van der Waals surface area contributed by atoms with Crippen LogP contribution in [0, 0.1) is 0 Å². The van der Waals surface area contributed by atoms with Crippen molar-refractivity contribution in [3.8, 4) is 0 Å². The number of primary amides is 1. The molecule has 8 atom stereocenters. The van der Waals surface area contributed by atoms with Gasteiger partial charge in [-0.25, -0.2) is 0 Å². The summed E-state index contributed by atoms with van der Waals surface area (Å²) in [6, 6.07) is 15.7. The van der Waals surface area contributed by atoms with Gasteiger partial charge in [0.2, 0.25) is 53.2 Å². The Hall–Kier alpha value is -8.34. The predicted octanol–water partition coefficient (Wildman–Crippen LogP) is -0.904. The summed E-state index contributed by atoms with van der Waals surface area (Å²) in [6.45, 7) is 1.45. The second-order valence-corrected chi connectivity index (χ2v) is 19.4. The number of carbonyl (C=O) groups excluding carboxylic acids is 9. The van der Waals surface area contributed by atoms with Gasteiger partial charge < -0.3 is 69.4 Å². The van der Waals surface area contributed by atoms with Crippen molar-refractivity contribution in [3.05, 3.63) is 108 Å². The average Bonchev–Trinajstić information content (AvgIpc) is 4.02. The number of para-hydroxylation sites is 1. The van der Waals surface area contributed by atoms with E-state index in [1.165, 1.54) is 0 Å². The van der Waals surface area contributed by atoms with Crippen molar-refractivity contribution in [2.45, 2.75) is 132 Å². The minimum Gasteiger partial charge on any atom is -0.391 e. The summed E-state index contributed by atoms with van der Waals surface area (Å²) < 4.78 is 0. The number of nitrogens with zero attached hydrogens (tertiary/aromatic N) is 2. The molecule has 3 heterocycles. The molecule has 4 aromatic rings. The van der Waals surface area contributed by atoms with Crippen LogP contribution in [0.25, 0.3) is 10.9 Å². The zero-order chi connectivity index (χ0) is 55.4. The molecular formula is C54H71N13O10. The third kappa shape index (κ3) is 17.4. The highest BCUT2D eigenvalue weighted by Gasteiger charge is 2.43. The number of benzene rings is 3. The second-order valence-electron chi connectivity index (χ2n) is 19.4. The number of amides is 9. The van der Waals surface area contributed by atoms with Gasteiger partial charge in [0.15, 0.2) is 5.96 Å². The van der Waals surface area contributed by atoms with Crippen LogP contribution in [-0.2, 0) is 62.4 Å². The van der Waals surface area contributed by atoms with E-state index in [1.807, 2.05) is 24.3 Å². The molecule has 0 saturated carbocycles. The van der Waals surface area contributed by atoms with Crippen LogP contribution in [0.5, 0.6) is 0 Å². The van der Waals surface area contributed by atoms with Crippen LogP contribution in [-0.4, -0.2) is 142 Å². The van der Waals surface area contributed by atoms with E-state index >= 15 is 0 Å². The van der Waals surface area contributed by atoms with Crippen molar-refractivity contribution >= 4 is 70.0 Å². The maximum Gasteiger partial charge on any atom is 0.245 e. The van der Waals surface area contributed by atoms with Crippen molar-refractivity contribution in [1.82, 2.24) is 47.1 Å². The first-order valence-corrected chi connectivity index (χ1v) is 26.0. The SMILES string of the molecule is CCC(=O)N[C@H](Cc1ccccc1)C(=O)N[C@H]1CCC(=O)NCCCC[C@@H](C(N)=O)NC(=O)[C@H](Cc2c[nH]c3ccccc23)NC(=O)[C@H](CCCN=C(N)N)NC(=O)[C@@H](Cc2ccccc2)NC(=O)[C@@H]2C[C@@H](O)CN2C1=O. The third-order valence-corrected chi connectivity index (χ3v) is 13.5. The number of carbonyl (C=O) groups is 9. The standard InChI is InChI=1S/C54H71N13O10/c1-2-45(69)61-41(26-32-14-5-3-6-15-32)49(73)64-40-22-23-46(70)58-24-12-11-20-38(47(55)71)62-51(75)43(28-34-30-60-37-19-10-9-18-36(34)37)65-48(72)39(21-13-25-59-54(56)57)63-50(74)42(27-33-16-7-4-8-17-33)66-52(76)44-29-35(68)31-67(44)53(40)77/h3-10,14-19,30,35,38-44,60,68H,2,11-13,20-29,31H2,1H3,(H2,55,71)(H,58,70)(H,61,69)(H,62,75)(H,63,74)(H,64,73)(H,65,72)(H,66,76)(H4,56,57,59)/t35-,38+,39+,40+,41-,42-,43+,44+/m1/s1. The number of rotatable bonds is 15. The third-order valence-electron chi connectivity index (χ3n) is 13.5. The highest BCUT2D eigenvalue weighted by Crippen LogP contribution is 2.23. The zero-order valence-corrected chi connectivity index (χ0v) is 43.1. The number of aromatic amines is 1. The Morgan fingerprint density at radius 3 is 2.10 bits per heavy atom. The van der Waals surface area contributed by atoms with Crippen molar-refractivity contribution in [1.29, 1.82) is 0 Å². The highest BCUT2D eigenvalue weighted by molar-refractivity contribution is 5.98. The number of aliphatic hydroxyl groups excluding tert-OH is 1. The molecule has 412 valence electrons. The lowest BCUT2D eigenvalue weighted by molar-refractivity contribution is -0.143. The van der Waals surface area contributed by atoms with Gasteiger partial charge in [-0.15, -0.1) is 0 Å². The molecule has 6 rings (SSSR count). The van der Waals surface area contributed by atoms with Crippen molar-refractivity contribution < 1.29 is 48.3 Å². The van der Waals surface area contributed by atoms with Crippen LogP contribution in [0.2, 0.25) is 0 Å². The molecule has 2 aliphatic rings. The Labute approximate surface area is 446 Å². The number of nitrogens with two attached hydrogens (primary N) is 3. The molecule has 9 amide bonds. The second kappa shape index (κ2) is 28.5. The molecule has 1 aromatic heterocycles. The number of guanidine groups is 1. The fourth-order valence-corrected chi connectivity index (χ4v) is 9.39. The van der Waals surface area contributed by atoms with E-state index in [0.29, 0.717) is 29.5 Å². The van der Waals surface area contributed by atoms with Crippen LogP contribution < -0.4 is 54.4 Å². The van der Waals surface area contributed by atoms with E-state index in [-0.39, 0.29) is 89.8 Å². The zero-order valence-electron chi connectivity index (χ0n) is 43.1. The summed E-state index contributed by atoms with van der Waals surface area (Å²) in [4.78, 5) is 134. The van der Waals surface area contributed by atoms with E-state index in [9.17, 15) is 48.3 Å². The van der Waals surface area contributed by atoms with Crippen molar-refractivity contribution in [2.24, 2.45) is 22.2 Å². The number of hydrogen-bond donors (Lipinski definition) is 12. The van der Waals surface area contributed by atoms with Crippen LogP contribution in [0.4, 0.5) is 0 Å². The fraction of sp³-hybridized carbons (Fsp3) is 0.444. The summed E-state index contributed by atoms with van der Waals surface area (Å²) in [7, 11) is 0. The van der Waals surface area contributed by atoms with Gasteiger partial charge in [-0.1, -0.05) is 85.8 Å². The van der Waals surface area contributed by atoms with Gasteiger partial charge in [0, 0.05) is 75.3 Å². The van der Waals surface area contributed by atoms with Crippen LogP contribution in [0.3, 0.4) is 0 Å². The molecule has 0 bridgehead atoms. The number of aromatic nitrogens is 1. The Balaban J connectivity index is 1.35. The molecular weight excluding hydrogens is 991 g/mol. The molecule has 0 aliphatic carbocycles. The first-order chi connectivity index (χ1) is 37.0. The number of aliphatic hydroxyl groups is 1. The molecule has 0 unspecified atom stereocenters. The van der Waals surface area contributed by atoms with Crippen molar-refractivity contribution in [3.63, 3.8) is 0 Å². The maximum absolute atomic E-state index is 14.8. The van der Waals surface area contributed by atoms with Crippen LogP contribution >= 0.6 is 0 Å². The van der Waals surface area contributed by atoms with Gasteiger partial charge in [0.05, 0.1) is 6.10 Å². The van der Waals surface area contributed by atoms with Gasteiger partial charge in [-0.2, -0.15) is 0 Å². The molecule has 15 N–H and O–H groups in total. The van der Waals surface area contributed by atoms with E-state index in [4.69, 9.17) is 17.2 Å². The lowest BCUT2D eigenvalue weighted by atomic mass is 10.0. The largest absolute Gasteiger partial charge is 0.391 e. The topological polar surface area (TPSA) is 368 Å². The molecule has 0 radical (unpaired) electrons. The van der Waals surface area contributed by atoms with Crippen LogP contribution in [0.1, 0.15) is 81.4 Å². The Morgan fingerprint density at radius 1 is 0.766 bits per heavy atom. The predicted molar refractivity (Wildman–Crippen MR) is 285 cm³/mol. The Bertz CT molecular complexity index is 2730. The minimum absolute atomic E-state index is 0.0548. The summed E-state index contributed by atoms with van der Waals surface area (Å²) in [5, 5.41) is 31.1. The molecule has 2 saturated heterocycles. The Kier molecular flexibility index (Phi) is 21.5. The lowest BCUT2D eigenvalue weighted by Gasteiger charge is -2.31. The van der Waals surface area contributed by atoms with Gasteiger partial charge in [-0.3, -0.25) is 48.1 Å². The van der Waals surface area contributed by atoms with Gasteiger partial charge >= 0.3 is 0 Å². The first-order valence-electron chi connectivity index (χ1n) is 26.0. The number of aliphatic imine (C=N–C) groups is 1. The Morgan fingerprint density at radius 2 is 1.40 bits per heavy atom. The van der Waals surface area contributed by atoms with Gasteiger partial charge in [0.25, 0.3) is 0 Å². The van der Waals surface area contributed by atoms with Crippen molar-refractivity contribution in [2.75, 3.05) is 19.6 Å². The lowest BCUT2D eigenvalue weighted by Crippen LogP contribution is -2.60. The highest BCUT2D eigenvalue weighted by atomic mass is 16.3. The average molecular weight is 1060 g/mol. The van der Waals surface area contributed by atoms with Gasteiger partial charge in [-0.05, 0) is 61.3 Å². The monoisotopic (exact) mass is 1060 g/mol. The molecule has 77 heavy (non-hydrogen) atoms. The molecule has 0 spiro atoms. The smallest absolute Gasteiger partial charge is 0.245 e. The number of fused-ring (bicyclic) bond motifs is 2. The molecule has 3 aromatic carbocycles. The summed E-state index contributed by atoms with van der Waals surface area (Å²) in [6.07, 6.45) is 0.434. The quantitative estimate of drug-likeness (QED) is 0.0392. The van der Waals surface area contributed by atoms with Gasteiger partial charge in [0.1, 0.15) is 42.3 Å². The number of H-pyrrole nitrogens is 1. The minimum atomic E-state index is -1.45. The summed E-state index contributed by atoms with van der Waals surface area (Å²) in [5.41, 5.74) is 19.7. The summed E-state index contributed by atoms with van der Waals surface area (Å²) >= 11 is 0. The number of nitrogens with one attached hydrogen (secondary N) is 8. The van der Waals surface area contributed by atoms with Crippen LogP contribution in [0.15, 0.2) is 96.1 Å². The van der Waals surface area contributed by atoms with E-state index < -0.39 is 102 Å². The first kappa shape index (κ1) is 57.9. The molecule has 2 fully saturated rings.